The monoisotopic (exact) mass is 529 g/mol. The molecule has 2 aliphatic rings. The summed E-state index contributed by atoms with van der Waals surface area (Å²) >= 11 is 0. The van der Waals surface area contributed by atoms with Crippen LogP contribution in [0.3, 0.4) is 0 Å². The summed E-state index contributed by atoms with van der Waals surface area (Å²) in [5, 5.41) is 7.39. The number of alkyl carbamates (subject to hydrolysis) is 1. The third-order valence-electron chi connectivity index (χ3n) is 7.05. The lowest BCUT2D eigenvalue weighted by atomic mass is 9.89. The molecule has 4 amide bonds. The molecule has 10 nitrogen and oxygen atoms in total. The minimum absolute atomic E-state index is 0.0688. The molecule has 0 saturated heterocycles. The third-order valence-corrected chi connectivity index (χ3v) is 7.05. The van der Waals surface area contributed by atoms with Gasteiger partial charge in [-0.2, -0.15) is 5.10 Å². The van der Waals surface area contributed by atoms with Gasteiger partial charge in [0.25, 0.3) is 11.8 Å². The number of benzene rings is 2. The first-order valence-electron chi connectivity index (χ1n) is 13.0. The highest BCUT2D eigenvalue weighted by molar-refractivity contribution is 6.21. The summed E-state index contributed by atoms with van der Waals surface area (Å²) in [5.74, 6) is -0.659. The second kappa shape index (κ2) is 10.4. The molecule has 3 heterocycles. The second-order valence-corrected chi connectivity index (χ2v) is 10.2. The van der Waals surface area contributed by atoms with Crippen molar-refractivity contribution in [2.45, 2.75) is 58.8 Å². The van der Waals surface area contributed by atoms with Gasteiger partial charge in [-0.15, -0.1) is 0 Å². The van der Waals surface area contributed by atoms with Crippen LogP contribution in [0.15, 0.2) is 54.9 Å². The number of anilines is 1. The van der Waals surface area contributed by atoms with Crippen LogP contribution in [0, 0.1) is 0 Å². The third kappa shape index (κ3) is 5.01. The zero-order valence-corrected chi connectivity index (χ0v) is 22.4. The Bertz CT molecular complexity index is 1430. The first-order chi connectivity index (χ1) is 18.6. The van der Waals surface area contributed by atoms with E-state index in [0.29, 0.717) is 24.1 Å². The van der Waals surface area contributed by atoms with Crippen molar-refractivity contribution in [3.63, 3.8) is 0 Å². The van der Waals surface area contributed by atoms with Crippen molar-refractivity contribution >= 4 is 29.5 Å². The number of amides is 4. The molecule has 2 aliphatic heterocycles. The number of rotatable bonds is 6. The number of imide groups is 1. The highest BCUT2D eigenvalue weighted by Gasteiger charge is 2.35. The maximum Gasteiger partial charge on any atom is 0.407 e. The van der Waals surface area contributed by atoms with Gasteiger partial charge in [0.05, 0.1) is 36.0 Å². The molecule has 0 radical (unpaired) electrons. The van der Waals surface area contributed by atoms with Crippen molar-refractivity contribution in [1.82, 2.24) is 20.0 Å². The Morgan fingerprint density at radius 3 is 2.38 bits per heavy atom. The van der Waals surface area contributed by atoms with E-state index >= 15 is 0 Å². The first-order valence-corrected chi connectivity index (χ1v) is 13.0. The van der Waals surface area contributed by atoms with Crippen molar-refractivity contribution < 1.29 is 23.9 Å². The highest BCUT2D eigenvalue weighted by atomic mass is 16.6. The van der Waals surface area contributed by atoms with Gasteiger partial charge < -0.3 is 15.0 Å². The van der Waals surface area contributed by atoms with Gasteiger partial charge in [0.2, 0.25) is 5.91 Å². The first kappa shape index (κ1) is 26.1. The number of hydrogen-bond donors (Lipinski definition) is 1. The minimum atomic E-state index is -0.504. The van der Waals surface area contributed by atoms with E-state index in [1.165, 1.54) is 11.8 Å². The average Bonchev–Trinajstić information content (AvgIpc) is 3.45. The Hall–Kier alpha value is -4.47. The van der Waals surface area contributed by atoms with E-state index < -0.39 is 6.09 Å². The van der Waals surface area contributed by atoms with Crippen LogP contribution in [0.1, 0.15) is 66.4 Å². The fourth-order valence-electron chi connectivity index (χ4n) is 5.33. The van der Waals surface area contributed by atoms with Gasteiger partial charge in [0.1, 0.15) is 0 Å². The molecule has 0 aliphatic carbocycles. The van der Waals surface area contributed by atoms with E-state index in [2.05, 4.69) is 10.4 Å². The largest absolute Gasteiger partial charge is 0.447 e. The number of aromatic nitrogens is 2. The van der Waals surface area contributed by atoms with Gasteiger partial charge in [-0.05, 0) is 62.6 Å². The zero-order chi connectivity index (χ0) is 27.8. The molecule has 202 valence electrons. The number of fused-ring (bicyclic) bond motifs is 2. The van der Waals surface area contributed by atoms with Crippen molar-refractivity contribution in [3.8, 4) is 11.1 Å². The summed E-state index contributed by atoms with van der Waals surface area (Å²) in [6.45, 7) is 7.62. The normalized spacial score (nSPS) is 18.3. The molecule has 0 bridgehead atoms. The molecule has 39 heavy (non-hydrogen) atoms. The SMILES string of the molecule is CC(=O)N1c2ccc(-c3cnn(CCN4C(=O)c5ccccc5C4=O)c3)cc2[C@@H](NC(=O)OC(C)C)C[C@H]1C. The van der Waals surface area contributed by atoms with Crippen molar-refractivity contribution in [3.05, 3.63) is 71.5 Å². The highest BCUT2D eigenvalue weighted by Crippen LogP contribution is 2.39. The number of ether oxygens (including phenoxy) is 1. The van der Waals surface area contributed by atoms with Gasteiger partial charge in [-0.1, -0.05) is 18.2 Å². The topological polar surface area (TPSA) is 114 Å². The quantitative estimate of drug-likeness (QED) is 0.480. The van der Waals surface area contributed by atoms with Gasteiger partial charge >= 0.3 is 6.09 Å². The number of hydrogen-bond acceptors (Lipinski definition) is 6. The Labute approximate surface area is 226 Å². The fraction of sp³-hybridized carbons (Fsp3) is 0.345. The lowest BCUT2D eigenvalue weighted by Crippen LogP contribution is -2.45. The Kier molecular flexibility index (Phi) is 6.94. The molecule has 10 heteroatoms. The summed E-state index contributed by atoms with van der Waals surface area (Å²) in [6, 6.07) is 12.2. The second-order valence-electron chi connectivity index (χ2n) is 10.2. The van der Waals surface area contributed by atoms with E-state index in [1.54, 1.807) is 53.9 Å². The molecule has 0 spiro atoms. The van der Waals surface area contributed by atoms with E-state index in [9.17, 15) is 19.2 Å². The van der Waals surface area contributed by atoms with E-state index in [0.717, 1.165) is 22.4 Å². The lowest BCUT2D eigenvalue weighted by Gasteiger charge is -2.39. The number of nitrogens with one attached hydrogen (secondary N) is 1. The predicted molar refractivity (Wildman–Crippen MR) is 144 cm³/mol. The van der Waals surface area contributed by atoms with Gasteiger partial charge in [0.15, 0.2) is 0 Å². The molecular weight excluding hydrogens is 498 g/mol. The molecule has 0 unspecified atom stereocenters. The van der Waals surface area contributed by atoms with Crippen LogP contribution < -0.4 is 10.2 Å². The lowest BCUT2D eigenvalue weighted by molar-refractivity contribution is -0.117. The van der Waals surface area contributed by atoms with Crippen LogP contribution in [0.4, 0.5) is 10.5 Å². The molecule has 0 fully saturated rings. The zero-order valence-electron chi connectivity index (χ0n) is 22.4. The van der Waals surface area contributed by atoms with E-state index in [-0.39, 0.29) is 42.5 Å². The van der Waals surface area contributed by atoms with Crippen LogP contribution in [-0.4, -0.2) is 57.2 Å². The van der Waals surface area contributed by atoms with Crippen LogP contribution >= 0.6 is 0 Å². The Morgan fingerprint density at radius 2 is 1.74 bits per heavy atom. The minimum Gasteiger partial charge on any atom is -0.447 e. The molecular formula is C29H31N5O5. The average molecular weight is 530 g/mol. The van der Waals surface area contributed by atoms with Crippen LogP contribution in [0.5, 0.6) is 0 Å². The summed E-state index contributed by atoms with van der Waals surface area (Å²) in [4.78, 5) is 53.2. The molecule has 2 atom stereocenters. The Morgan fingerprint density at radius 1 is 1.05 bits per heavy atom. The standard InChI is InChI=1S/C29H31N5O5/c1-17(2)39-29(38)31-25-13-18(3)34(19(4)35)26-10-9-20(14-24(25)26)21-15-30-32(16-21)11-12-33-27(36)22-7-5-6-8-23(22)28(33)37/h5-10,14-18,25H,11-13H2,1-4H3,(H,31,38)/t18-,25+/m1/s1. The van der Waals surface area contributed by atoms with Gasteiger partial charge in [0, 0.05) is 37.0 Å². The Balaban J connectivity index is 1.36. The maximum absolute atomic E-state index is 12.7. The molecule has 1 aromatic heterocycles. The van der Waals surface area contributed by atoms with Crippen LogP contribution in [-0.2, 0) is 16.1 Å². The molecule has 2 aromatic carbocycles. The fourth-order valence-corrected chi connectivity index (χ4v) is 5.33. The summed E-state index contributed by atoms with van der Waals surface area (Å²) in [6.07, 6.45) is 3.35. The van der Waals surface area contributed by atoms with Crippen molar-refractivity contribution in [2.24, 2.45) is 0 Å². The molecule has 5 rings (SSSR count). The van der Waals surface area contributed by atoms with Gasteiger partial charge in [-0.25, -0.2) is 4.79 Å². The van der Waals surface area contributed by atoms with E-state index in [1.807, 2.05) is 31.3 Å². The molecule has 1 N–H and O–H groups in total. The number of carbonyl (C=O) groups excluding carboxylic acids is 4. The summed E-state index contributed by atoms with van der Waals surface area (Å²) < 4.78 is 7.00. The van der Waals surface area contributed by atoms with Crippen molar-refractivity contribution in [2.75, 3.05) is 11.4 Å². The van der Waals surface area contributed by atoms with Gasteiger partial charge in [-0.3, -0.25) is 24.0 Å². The summed E-state index contributed by atoms with van der Waals surface area (Å²) in [5.41, 5.74) is 4.11. The molecule has 3 aromatic rings. The maximum atomic E-state index is 12.7. The summed E-state index contributed by atoms with van der Waals surface area (Å²) in [7, 11) is 0. The van der Waals surface area contributed by atoms with Crippen molar-refractivity contribution in [1.29, 1.82) is 0 Å². The number of nitrogens with zero attached hydrogens (tertiary/aromatic N) is 4. The van der Waals surface area contributed by atoms with E-state index in [4.69, 9.17) is 4.74 Å². The van der Waals surface area contributed by atoms with Crippen LogP contribution in [0.2, 0.25) is 0 Å². The smallest absolute Gasteiger partial charge is 0.407 e. The predicted octanol–water partition coefficient (Wildman–Crippen LogP) is 4.17. The van der Waals surface area contributed by atoms with Crippen LogP contribution in [0.25, 0.3) is 11.1 Å². The number of carbonyl (C=O) groups is 4. The molecule has 0 saturated carbocycles.